The van der Waals surface area contributed by atoms with Crippen LogP contribution in [0, 0.1) is 0 Å². The number of fused-ring (bicyclic) bond motifs is 1. The normalized spacial score (nSPS) is 12.8. The van der Waals surface area contributed by atoms with Crippen molar-refractivity contribution in [3.8, 4) is 5.75 Å². The zero-order chi connectivity index (χ0) is 13.1. The zero-order valence-electron chi connectivity index (χ0n) is 11.3. The summed E-state index contributed by atoms with van der Waals surface area (Å²) in [4.78, 5) is 4.40. The van der Waals surface area contributed by atoms with Gasteiger partial charge in [0.15, 0.2) is 0 Å². The molecule has 1 aromatic carbocycles. The van der Waals surface area contributed by atoms with Crippen LogP contribution in [-0.2, 0) is 0 Å². The summed E-state index contributed by atoms with van der Waals surface area (Å²) in [5.74, 6) is 1.42. The van der Waals surface area contributed by atoms with Crippen LogP contribution in [0.25, 0.3) is 11.0 Å². The van der Waals surface area contributed by atoms with Crippen LogP contribution >= 0.6 is 0 Å². The van der Waals surface area contributed by atoms with Crippen molar-refractivity contribution in [1.82, 2.24) is 9.55 Å². The van der Waals surface area contributed by atoms with Crippen molar-refractivity contribution in [3.05, 3.63) is 18.2 Å². The number of nitrogen functional groups attached to an aromatic ring is 1. The maximum absolute atomic E-state index is 6.03. The van der Waals surface area contributed by atoms with E-state index in [1.165, 1.54) is 12.8 Å². The third-order valence-corrected chi connectivity index (χ3v) is 3.34. The van der Waals surface area contributed by atoms with Crippen molar-refractivity contribution >= 4 is 17.0 Å². The Morgan fingerprint density at radius 3 is 2.89 bits per heavy atom. The van der Waals surface area contributed by atoms with E-state index >= 15 is 0 Å². The lowest BCUT2D eigenvalue weighted by atomic mass is 10.1. The largest absolute Gasteiger partial charge is 0.497 e. The van der Waals surface area contributed by atoms with Crippen LogP contribution in [0.5, 0.6) is 5.75 Å². The first-order valence-electron chi connectivity index (χ1n) is 6.48. The molecule has 0 radical (unpaired) electrons. The highest BCUT2D eigenvalue weighted by molar-refractivity contribution is 5.80. The fraction of sp³-hybridized carbons (Fsp3) is 0.500. The van der Waals surface area contributed by atoms with Crippen molar-refractivity contribution in [3.63, 3.8) is 0 Å². The summed E-state index contributed by atoms with van der Waals surface area (Å²) < 4.78 is 7.37. The second-order valence-corrected chi connectivity index (χ2v) is 4.69. The van der Waals surface area contributed by atoms with Gasteiger partial charge < -0.3 is 15.0 Å². The number of ether oxygens (including phenoxy) is 1. The van der Waals surface area contributed by atoms with Crippen molar-refractivity contribution in [2.45, 2.75) is 39.2 Å². The molecule has 18 heavy (non-hydrogen) atoms. The molecule has 2 aromatic rings. The van der Waals surface area contributed by atoms with E-state index in [-0.39, 0.29) is 0 Å². The number of unbranched alkanes of at least 4 members (excludes halogenated alkanes) is 1. The minimum Gasteiger partial charge on any atom is -0.497 e. The Morgan fingerprint density at radius 1 is 1.44 bits per heavy atom. The highest BCUT2D eigenvalue weighted by atomic mass is 16.5. The van der Waals surface area contributed by atoms with Crippen LogP contribution < -0.4 is 10.5 Å². The standard InChI is InChI=1S/C14H21N3O/c1-4-5-6-10(2)17-13-9-11(18-3)7-8-12(13)16-14(17)15/h7-10H,4-6H2,1-3H3,(H2,15,16). The van der Waals surface area contributed by atoms with Gasteiger partial charge in [0, 0.05) is 12.1 Å². The van der Waals surface area contributed by atoms with Gasteiger partial charge in [-0.05, 0) is 25.5 Å². The van der Waals surface area contributed by atoms with Gasteiger partial charge in [-0.2, -0.15) is 0 Å². The van der Waals surface area contributed by atoms with Gasteiger partial charge in [-0.25, -0.2) is 4.98 Å². The number of methoxy groups -OCH3 is 1. The summed E-state index contributed by atoms with van der Waals surface area (Å²) in [6.45, 7) is 4.39. The van der Waals surface area contributed by atoms with E-state index in [1.807, 2.05) is 18.2 Å². The molecule has 2 rings (SSSR count). The number of hydrogen-bond donors (Lipinski definition) is 1. The molecule has 0 aliphatic carbocycles. The number of benzene rings is 1. The minimum absolute atomic E-state index is 0.363. The molecule has 2 N–H and O–H groups in total. The van der Waals surface area contributed by atoms with E-state index in [0.29, 0.717) is 12.0 Å². The quantitative estimate of drug-likeness (QED) is 0.881. The number of hydrogen-bond acceptors (Lipinski definition) is 3. The Bertz CT molecular complexity index is 533. The molecule has 0 saturated carbocycles. The van der Waals surface area contributed by atoms with E-state index in [4.69, 9.17) is 10.5 Å². The number of imidazole rings is 1. The number of nitrogens with two attached hydrogens (primary N) is 1. The molecule has 1 aromatic heterocycles. The van der Waals surface area contributed by atoms with Crippen LogP contribution in [0.15, 0.2) is 18.2 Å². The maximum atomic E-state index is 6.03. The Hall–Kier alpha value is -1.71. The molecule has 4 heteroatoms. The van der Waals surface area contributed by atoms with E-state index in [0.717, 1.165) is 23.2 Å². The number of aromatic nitrogens is 2. The van der Waals surface area contributed by atoms with Crippen LogP contribution in [-0.4, -0.2) is 16.7 Å². The average molecular weight is 247 g/mol. The summed E-state index contributed by atoms with van der Waals surface area (Å²) in [5.41, 5.74) is 8.01. The fourth-order valence-electron chi connectivity index (χ4n) is 2.31. The summed E-state index contributed by atoms with van der Waals surface area (Å²) in [7, 11) is 1.67. The molecule has 1 unspecified atom stereocenters. The van der Waals surface area contributed by atoms with Gasteiger partial charge in [-0.15, -0.1) is 0 Å². The Labute approximate surface area is 108 Å². The van der Waals surface area contributed by atoms with Gasteiger partial charge in [0.05, 0.1) is 18.1 Å². The van der Waals surface area contributed by atoms with Crippen LogP contribution in [0.1, 0.15) is 39.2 Å². The second kappa shape index (κ2) is 5.29. The van der Waals surface area contributed by atoms with Crippen LogP contribution in [0.3, 0.4) is 0 Å². The minimum atomic E-state index is 0.363. The molecule has 0 spiro atoms. The van der Waals surface area contributed by atoms with Crippen molar-refractivity contribution < 1.29 is 4.74 Å². The first-order chi connectivity index (χ1) is 8.67. The van der Waals surface area contributed by atoms with Crippen molar-refractivity contribution in [1.29, 1.82) is 0 Å². The molecule has 1 heterocycles. The molecule has 0 aliphatic rings. The lowest BCUT2D eigenvalue weighted by molar-refractivity contribution is 0.415. The lowest BCUT2D eigenvalue weighted by Crippen LogP contribution is -2.08. The number of anilines is 1. The monoisotopic (exact) mass is 247 g/mol. The fourth-order valence-corrected chi connectivity index (χ4v) is 2.31. The van der Waals surface area contributed by atoms with E-state index < -0.39 is 0 Å². The summed E-state index contributed by atoms with van der Waals surface area (Å²) in [6, 6.07) is 6.23. The maximum Gasteiger partial charge on any atom is 0.201 e. The van der Waals surface area contributed by atoms with Crippen molar-refractivity contribution in [2.24, 2.45) is 0 Å². The topological polar surface area (TPSA) is 53.1 Å². The second-order valence-electron chi connectivity index (χ2n) is 4.69. The van der Waals surface area contributed by atoms with Gasteiger partial charge in [-0.3, -0.25) is 0 Å². The highest BCUT2D eigenvalue weighted by Crippen LogP contribution is 2.28. The molecular formula is C14H21N3O. The lowest BCUT2D eigenvalue weighted by Gasteiger charge is -2.15. The smallest absolute Gasteiger partial charge is 0.201 e. The SMILES string of the molecule is CCCCC(C)n1c(N)nc2ccc(OC)cc21. The summed E-state index contributed by atoms with van der Waals surface area (Å²) in [5, 5.41) is 0. The van der Waals surface area contributed by atoms with Gasteiger partial charge in [-0.1, -0.05) is 19.8 Å². The Balaban J connectivity index is 2.44. The molecule has 0 saturated heterocycles. The Kier molecular flexibility index (Phi) is 3.75. The highest BCUT2D eigenvalue weighted by Gasteiger charge is 2.14. The molecule has 1 atom stereocenters. The average Bonchev–Trinajstić information content (AvgIpc) is 2.70. The van der Waals surface area contributed by atoms with Crippen molar-refractivity contribution in [2.75, 3.05) is 12.8 Å². The Morgan fingerprint density at radius 2 is 2.22 bits per heavy atom. The van der Waals surface area contributed by atoms with Gasteiger partial charge in [0.2, 0.25) is 5.95 Å². The third-order valence-electron chi connectivity index (χ3n) is 3.34. The molecule has 0 fully saturated rings. The summed E-state index contributed by atoms with van der Waals surface area (Å²) >= 11 is 0. The molecular weight excluding hydrogens is 226 g/mol. The van der Waals surface area contributed by atoms with Gasteiger partial charge in [0.25, 0.3) is 0 Å². The van der Waals surface area contributed by atoms with Gasteiger partial charge in [0.1, 0.15) is 5.75 Å². The van der Waals surface area contributed by atoms with E-state index in [2.05, 4.69) is 23.4 Å². The molecule has 0 bridgehead atoms. The van der Waals surface area contributed by atoms with Crippen LogP contribution in [0.2, 0.25) is 0 Å². The first-order valence-corrected chi connectivity index (χ1v) is 6.48. The molecule has 98 valence electrons. The molecule has 0 aliphatic heterocycles. The number of rotatable bonds is 5. The predicted octanol–water partition coefficient (Wildman–Crippen LogP) is 3.38. The van der Waals surface area contributed by atoms with E-state index in [1.54, 1.807) is 7.11 Å². The summed E-state index contributed by atoms with van der Waals surface area (Å²) in [6.07, 6.45) is 3.51. The van der Waals surface area contributed by atoms with Gasteiger partial charge >= 0.3 is 0 Å². The predicted molar refractivity (Wildman–Crippen MR) is 74.9 cm³/mol. The number of nitrogens with zero attached hydrogens (tertiary/aromatic N) is 2. The van der Waals surface area contributed by atoms with E-state index in [9.17, 15) is 0 Å². The molecule has 0 amide bonds. The van der Waals surface area contributed by atoms with Crippen LogP contribution in [0.4, 0.5) is 5.95 Å². The third kappa shape index (κ3) is 2.28. The first kappa shape index (κ1) is 12.7. The zero-order valence-corrected chi connectivity index (χ0v) is 11.3. The molecule has 4 nitrogen and oxygen atoms in total.